The van der Waals surface area contributed by atoms with Gasteiger partial charge in [0.1, 0.15) is 18.6 Å². The van der Waals surface area contributed by atoms with Gasteiger partial charge in [0.15, 0.2) is 6.21 Å². The minimum atomic E-state index is -0.271. The summed E-state index contributed by atoms with van der Waals surface area (Å²) >= 11 is 0. The van der Waals surface area contributed by atoms with Crippen LogP contribution in [0.1, 0.15) is 11.3 Å². The maximum Gasteiger partial charge on any atom is 0.207 e. The Kier molecular flexibility index (Phi) is 4.98. The number of pyridine rings is 2. The first-order valence-electron chi connectivity index (χ1n) is 8.15. The molecular weight excluding hydrogens is 328 g/mol. The molecule has 0 aliphatic carbocycles. The molecule has 0 aliphatic heterocycles. The van der Waals surface area contributed by atoms with Gasteiger partial charge in [0.05, 0.1) is 16.8 Å². The van der Waals surface area contributed by atoms with E-state index in [1.54, 1.807) is 19.5 Å². The van der Waals surface area contributed by atoms with E-state index in [2.05, 4.69) is 20.3 Å². The van der Waals surface area contributed by atoms with E-state index in [1.807, 2.05) is 30.3 Å². The Morgan fingerprint density at radius 2 is 2.19 bits per heavy atom. The molecule has 1 aromatic carbocycles. The summed E-state index contributed by atoms with van der Waals surface area (Å²) in [5, 5.41) is 4.25. The molecule has 26 heavy (non-hydrogen) atoms. The fourth-order valence-corrected chi connectivity index (χ4v) is 2.66. The van der Waals surface area contributed by atoms with Crippen molar-refractivity contribution in [3.05, 3.63) is 70.3 Å². The monoisotopic (exact) mass is 349 g/mol. The number of aromatic amines is 1. The molecule has 0 saturated heterocycles. The van der Waals surface area contributed by atoms with Gasteiger partial charge >= 0.3 is 0 Å². The van der Waals surface area contributed by atoms with Crippen LogP contribution in [0.4, 0.5) is 11.5 Å². The average Bonchev–Trinajstić information content (AvgIpc) is 2.67. The third kappa shape index (κ3) is 3.56. The van der Waals surface area contributed by atoms with Crippen LogP contribution < -0.4 is 27.2 Å². The standard InChI is InChI=1S/C19H20N6O/c1-22-11-14(9-20)16-8-17(26)18(21)19(25-16)24-10-12-4-5-15-13(7-12)3-2-6-23-15/h2-9,11H,10,20-21H2,1H3,(H2,24,25,26)/p+1. The predicted molar refractivity (Wildman–Crippen MR) is 106 cm³/mol. The number of aromatic nitrogens is 2. The molecule has 0 atom stereocenters. The number of nitrogens with two attached hydrogens (primary N) is 2. The number of allylic oxidation sites excluding steroid dienone is 1. The summed E-state index contributed by atoms with van der Waals surface area (Å²) in [5.41, 5.74) is 14.6. The molecule has 2 aromatic heterocycles. The van der Waals surface area contributed by atoms with Crippen LogP contribution in [0.3, 0.4) is 0 Å². The molecule has 0 aliphatic rings. The molecule has 3 rings (SSSR count). The van der Waals surface area contributed by atoms with E-state index in [-0.39, 0.29) is 11.1 Å². The van der Waals surface area contributed by atoms with Crippen molar-refractivity contribution in [1.29, 1.82) is 0 Å². The molecule has 0 bridgehead atoms. The van der Waals surface area contributed by atoms with E-state index in [9.17, 15) is 4.79 Å². The van der Waals surface area contributed by atoms with Gasteiger partial charge in [-0.25, -0.2) is 0 Å². The van der Waals surface area contributed by atoms with Crippen molar-refractivity contribution in [2.75, 3.05) is 18.1 Å². The highest BCUT2D eigenvalue weighted by Crippen LogP contribution is 2.18. The van der Waals surface area contributed by atoms with Crippen molar-refractivity contribution in [2.24, 2.45) is 5.73 Å². The quantitative estimate of drug-likeness (QED) is 0.421. The van der Waals surface area contributed by atoms with Gasteiger partial charge in [0.2, 0.25) is 5.43 Å². The summed E-state index contributed by atoms with van der Waals surface area (Å²) in [7, 11) is 1.76. The first kappa shape index (κ1) is 17.2. The molecule has 132 valence electrons. The van der Waals surface area contributed by atoms with Crippen LogP contribution in [0, 0.1) is 0 Å². The van der Waals surface area contributed by atoms with Gasteiger partial charge in [-0.3, -0.25) is 14.8 Å². The zero-order chi connectivity index (χ0) is 18.5. The van der Waals surface area contributed by atoms with E-state index in [4.69, 9.17) is 11.5 Å². The third-order valence-electron chi connectivity index (χ3n) is 4.00. The first-order valence-corrected chi connectivity index (χ1v) is 8.15. The minimum Gasteiger partial charge on any atom is -0.404 e. The van der Waals surface area contributed by atoms with Gasteiger partial charge in [-0.05, 0) is 23.8 Å². The van der Waals surface area contributed by atoms with E-state index >= 15 is 0 Å². The summed E-state index contributed by atoms with van der Waals surface area (Å²) in [6.07, 6.45) is 4.88. The molecule has 0 radical (unpaired) electrons. The average molecular weight is 349 g/mol. The van der Waals surface area contributed by atoms with Crippen molar-refractivity contribution in [1.82, 2.24) is 9.97 Å². The summed E-state index contributed by atoms with van der Waals surface area (Å²) in [6, 6.07) is 11.3. The zero-order valence-electron chi connectivity index (χ0n) is 14.4. The fourth-order valence-electron chi connectivity index (χ4n) is 2.66. The summed E-state index contributed by atoms with van der Waals surface area (Å²) < 4.78 is 0. The lowest BCUT2D eigenvalue weighted by Gasteiger charge is -2.11. The SMILES string of the molecule is C[NH+]=CC(=CN)c1cc(=O)c(N)c(NCc2ccc3ncccc3c2)[nH]1. The van der Waals surface area contributed by atoms with Crippen LogP contribution in [0.5, 0.6) is 0 Å². The minimum absolute atomic E-state index is 0.136. The molecule has 0 saturated carbocycles. The van der Waals surface area contributed by atoms with Crippen molar-refractivity contribution >= 4 is 34.2 Å². The highest BCUT2D eigenvalue weighted by molar-refractivity contribution is 6.06. The Labute approximate surface area is 150 Å². The van der Waals surface area contributed by atoms with E-state index in [0.29, 0.717) is 23.6 Å². The Morgan fingerprint density at radius 3 is 2.96 bits per heavy atom. The van der Waals surface area contributed by atoms with Crippen LogP contribution in [-0.4, -0.2) is 23.2 Å². The molecule has 3 aromatic rings. The number of fused-ring (bicyclic) bond motifs is 1. The number of nitrogens with one attached hydrogen (secondary N) is 3. The Hall–Kier alpha value is -3.61. The number of hydrogen-bond donors (Lipinski definition) is 5. The van der Waals surface area contributed by atoms with E-state index < -0.39 is 0 Å². The molecule has 7 nitrogen and oxygen atoms in total. The van der Waals surface area contributed by atoms with Gasteiger partial charge < -0.3 is 21.8 Å². The molecule has 7 N–H and O–H groups in total. The normalized spacial score (nSPS) is 12.0. The van der Waals surface area contributed by atoms with Crippen molar-refractivity contribution < 1.29 is 4.99 Å². The smallest absolute Gasteiger partial charge is 0.207 e. The molecule has 7 heteroatoms. The van der Waals surface area contributed by atoms with Crippen LogP contribution in [0.2, 0.25) is 0 Å². The van der Waals surface area contributed by atoms with Gasteiger partial charge in [-0.15, -0.1) is 0 Å². The van der Waals surface area contributed by atoms with E-state index in [1.165, 1.54) is 12.3 Å². The predicted octanol–water partition coefficient (Wildman–Crippen LogP) is 0.198. The summed E-state index contributed by atoms with van der Waals surface area (Å²) in [4.78, 5) is 22.5. The Balaban J connectivity index is 1.88. The van der Waals surface area contributed by atoms with Gasteiger partial charge in [-0.2, -0.15) is 0 Å². The summed E-state index contributed by atoms with van der Waals surface area (Å²) in [6.45, 7) is 0.506. The number of nitrogen functional groups attached to an aromatic ring is 1. The highest BCUT2D eigenvalue weighted by atomic mass is 16.1. The Morgan fingerprint density at radius 1 is 1.35 bits per heavy atom. The molecule has 0 fully saturated rings. The van der Waals surface area contributed by atoms with Crippen molar-refractivity contribution in [3.8, 4) is 0 Å². The molecular formula is C19H21N6O+. The molecule has 0 amide bonds. The second-order valence-corrected chi connectivity index (χ2v) is 5.77. The number of H-pyrrole nitrogens is 1. The van der Waals surface area contributed by atoms with Crippen LogP contribution in [0.25, 0.3) is 16.5 Å². The van der Waals surface area contributed by atoms with Crippen molar-refractivity contribution in [3.63, 3.8) is 0 Å². The second kappa shape index (κ2) is 7.52. The highest BCUT2D eigenvalue weighted by Gasteiger charge is 2.10. The lowest BCUT2D eigenvalue weighted by Crippen LogP contribution is -2.63. The number of benzene rings is 1. The topological polar surface area (TPSA) is 124 Å². The third-order valence-corrected chi connectivity index (χ3v) is 4.00. The van der Waals surface area contributed by atoms with Gasteiger partial charge in [0.25, 0.3) is 0 Å². The fraction of sp³-hybridized carbons (Fsp3) is 0.105. The van der Waals surface area contributed by atoms with Crippen molar-refractivity contribution in [2.45, 2.75) is 6.54 Å². The number of anilines is 2. The van der Waals surface area contributed by atoms with Crippen LogP contribution in [-0.2, 0) is 6.54 Å². The maximum atomic E-state index is 12.2. The van der Waals surface area contributed by atoms with Gasteiger partial charge in [0, 0.05) is 30.4 Å². The number of hydrogen-bond acceptors (Lipinski definition) is 5. The molecule has 2 heterocycles. The summed E-state index contributed by atoms with van der Waals surface area (Å²) in [5.74, 6) is 0.461. The molecule has 0 spiro atoms. The zero-order valence-corrected chi connectivity index (χ0v) is 14.4. The van der Waals surface area contributed by atoms with E-state index in [0.717, 1.165) is 16.5 Å². The lowest BCUT2D eigenvalue weighted by molar-refractivity contribution is -0.412. The second-order valence-electron chi connectivity index (χ2n) is 5.77. The number of nitrogens with zero attached hydrogens (tertiary/aromatic N) is 1. The van der Waals surface area contributed by atoms with Crippen LogP contribution in [0.15, 0.2) is 53.6 Å². The first-order chi connectivity index (χ1) is 12.6. The van der Waals surface area contributed by atoms with Gasteiger partial charge in [-0.1, -0.05) is 12.1 Å². The largest absolute Gasteiger partial charge is 0.404 e. The molecule has 0 unspecified atom stereocenters. The number of rotatable bonds is 5. The Bertz CT molecular complexity index is 1050. The maximum absolute atomic E-state index is 12.2. The lowest BCUT2D eigenvalue weighted by atomic mass is 10.1. The van der Waals surface area contributed by atoms with Crippen LogP contribution >= 0.6 is 0 Å².